The van der Waals surface area contributed by atoms with Crippen molar-refractivity contribution in [1.29, 1.82) is 0 Å². The predicted molar refractivity (Wildman–Crippen MR) is 62.2 cm³/mol. The second kappa shape index (κ2) is 5.85. The minimum absolute atomic E-state index is 0.00191. The summed E-state index contributed by atoms with van der Waals surface area (Å²) < 4.78 is 5.04. The molecule has 3 amide bonds. The van der Waals surface area contributed by atoms with Crippen LogP contribution in [0.1, 0.15) is 6.92 Å². The minimum Gasteiger partial charge on any atom is -0.479 e. The number of morpholine rings is 1. The summed E-state index contributed by atoms with van der Waals surface area (Å²) in [5.74, 6) is -2.17. The van der Waals surface area contributed by atoms with Crippen LogP contribution in [0.5, 0.6) is 0 Å². The Bertz CT molecular complexity index is 383. The van der Waals surface area contributed by atoms with Crippen LogP contribution < -0.4 is 11.1 Å². The summed E-state index contributed by atoms with van der Waals surface area (Å²) in [6.07, 6.45) is 0. The van der Waals surface area contributed by atoms with Gasteiger partial charge in [-0.2, -0.15) is 0 Å². The van der Waals surface area contributed by atoms with Gasteiger partial charge in [0.25, 0.3) is 0 Å². The van der Waals surface area contributed by atoms with Crippen molar-refractivity contribution in [1.82, 2.24) is 10.2 Å². The molecule has 1 rings (SSSR count). The number of aliphatic hydroxyl groups is 1. The fourth-order valence-electron chi connectivity index (χ4n) is 1.51. The van der Waals surface area contributed by atoms with E-state index in [0.717, 1.165) is 11.8 Å². The quantitative estimate of drug-likeness (QED) is 0.455. The molecule has 1 fully saturated rings. The van der Waals surface area contributed by atoms with E-state index in [4.69, 9.17) is 15.6 Å². The molecule has 0 bridgehead atoms. The first-order valence-electron chi connectivity index (χ1n) is 5.63. The third kappa shape index (κ3) is 3.80. The molecule has 0 aromatic heterocycles. The second-order valence-corrected chi connectivity index (χ2v) is 4.42. The molecule has 0 spiro atoms. The van der Waals surface area contributed by atoms with Crippen LogP contribution in [0.3, 0.4) is 0 Å². The number of ether oxygens (including phenoxy) is 1. The Morgan fingerprint density at radius 3 is 2.68 bits per heavy atom. The number of rotatable bonds is 4. The highest BCUT2D eigenvalue weighted by Gasteiger charge is 2.34. The Kier molecular flexibility index (Phi) is 4.67. The number of nitrogens with zero attached hydrogens (tertiary/aromatic N) is 1. The Balaban J connectivity index is 2.61. The molecule has 0 aromatic carbocycles. The van der Waals surface area contributed by atoms with E-state index >= 15 is 0 Å². The Labute approximate surface area is 109 Å². The molecule has 0 radical (unpaired) electrons. The summed E-state index contributed by atoms with van der Waals surface area (Å²) in [7, 11) is 0. The molecule has 0 aromatic rings. The zero-order chi connectivity index (χ0) is 14.6. The number of aliphatic carboxylic acids is 1. The standard InChI is InChI=1S/C10H17N3O6/c1-10(18,8(15)16)5-12-9(17)13-2-3-19-4-6(13)7(11)14/h6,18H,2-5H2,1H3,(H2,11,14)(H,12,17)(H,15,16). The van der Waals surface area contributed by atoms with Gasteiger partial charge in [-0.25, -0.2) is 9.59 Å². The van der Waals surface area contributed by atoms with E-state index in [1.807, 2.05) is 0 Å². The maximum atomic E-state index is 11.8. The molecule has 5 N–H and O–H groups in total. The van der Waals surface area contributed by atoms with Gasteiger partial charge in [-0.15, -0.1) is 0 Å². The zero-order valence-corrected chi connectivity index (χ0v) is 10.5. The normalized spacial score (nSPS) is 22.4. The molecule has 1 saturated heterocycles. The number of primary amides is 1. The molecule has 9 nitrogen and oxygen atoms in total. The molecule has 1 aliphatic rings. The third-order valence-corrected chi connectivity index (χ3v) is 2.76. The topological polar surface area (TPSA) is 142 Å². The van der Waals surface area contributed by atoms with Gasteiger partial charge in [0.1, 0.15) is 6.04 Å². The average Bonchev–Trinajstić information content (AvgIpc) is 2.35. The van der Waals surface area contributed by atoms with Crippen molar-refractivity contribution in [3.63, 3.8) is 0 Å². The number of carboxylic acids is 1. The van der Waals surface area contributed by atoms with Crippen LogP contribution in [0.2, 0.25) is 0 Å². The van der Waals surface area contributed by atoms with Crippen LogP contribution in [0.15, 0.2) is 0 Å². The molecular weight excluding hydrogens is 258 g/mol. The number of hydrogen-bond acceptors (Lipinski definition) is 5. The second-order valence-electron chi connectivity index (χ2n) is 4.42. The molecule has 0 saturated carbocycles. The van der Waals surface area contributed by atoms with Gasteiger partial charge in [-0.05, 0) is 6.92 Å². The van der Waals surface area contributed by atoms with Gasteiger partial charge in [-0.1, -0.05) is 0 Å². The molecule has 1 heterocycles. The van der Waals surface area contributed by atoms with Gasteiger partial charge >= 0.3 is 12.0 Å². The molecule has 1 aliphatic heterocycles. The molecule has 2 unspecified atom stereocenters. The predicted octanol–water partition coefficient (Wildman–Crippen LogP) is -2.28. The van der Waals surface area contributed by atoms with Gasteiger partial charge in [0.15, 0.2) is 5.60 Å². The number of urea groups is 1. The van der Waals surface area contributed by atoms with Crippen LogP contribution in [0, 0.1) is 0 Å². The lowest BCUT2D eigenvalue weighted by atomic mass is 10.1. The number of carbonyl (C=O) groups is 3. The number of carbonyl (C=O) groups excluding carboxylic acids is 2. The van der Waals surface area contributed by atoms with Gasteiger partial charge in [0, 0.05) is 6.54 Å². The van der Waals surface area contributed by atoms with E-state index in [2.05, 4.69) is 5.32 Å². The van der Waals surface area contributed by atoms with Crippen molar-refractivity contribution in [2.24, 2.45) is 5.73 Å². The van der Waals surface area contributed by atoms with E-state index in [1.54, 1.807) is 0 Å². The van der Waals surface area contributed by atoms with Gasteiger partial charge in [0.05, 0.1) is 19.8 Å². The van der Waals surface area contributed by atoms with Crippen LogP contribution in [0.4, 0.5) is 4.79 Å². The van der Waals surface area contributed by atoms with Crippen molar-refractivity contribution >= 4 is 17.9 Å². The molecule has 19 heavy (non-hydrogen) atoms. The van der Waals surface area contributed by atoms with E-state index in [1.165, 1.54) is 0 Å². The number of amides is 3. The highest BCUT2D eigenvalue weighted by molar-refractivity contribution is 5.86. The first kappa shape index (κ1) is 15.2. The summed E-state index contributed by atoms with van der Waals surface area (Å²) in [6, 6.07) is -1.57. The van der Waals surface area contributed by atoms with Crippen LogP contribution in [-0.4, -0.2) is 71.0 Å². The van der Waals surface area contributed by atoms with Gasteiger partial charge in [0.2, 0.25) is 5.91 Å². The van der Waals surface area contributed by atoms with E-state index in [9.17, 15) is 19.5 Å². The van der Waals surface area contributed by atoms with E-state index < -0.39 is 36.1 Å². The van der Waals surface area contributed by atoms with Crippen LogP contribution in [-0.2, 0) is 14.3 Å². The monoisotopic (exact) mass is 275 g/mol. The van der Waals surface area contributed by atoms with Crippen molar-refractivity contribution in [3.8, 4) is 0 Å². The average molecular weight is 275 g/mol. The van der Waals surface area contributed by atoms with Crippen molar-refractivity contribution in [3.05, 3.63) is 0 Å². The molecule has 2 atom stereocenters. The van der Waals surface area contributed by atoms with E-state index in [0.29, 0.717) is 0 Å². The van der Waals surface area contributed by atoms with Crippen molar-refractivity contribution in [2.45, 2.75) is 18.6 Å². The van der Waals surface area contributed by atoms with Crippen LogP contribution >= 0.6 is 0 Å². The molecule has 108 valence electrons. The Morgan fingerprint density at radius 2 is 2.16 bits per heavy atom. The lowest BCUT2D eigenvalue weighted by Gasteiger charge is -2.34. The highest BCUT2D eigenvalue weighted by atomic mass is 16.5. The summed E-state index contributed by atoms with van der Waals surface area (Å²) in [5, 5.41) is 20.4. The smallest absolute Gasteiger partial charge is 0.337 e. The number of nitrogens with two attached hydrogens (primary N) is 1. The van der Waals surface area contributed by atoms with Gasteiger partial charge in [-0.3, -0.25) is 4.79 Å². The zero-order valence-electron chi connectivity index (χ0n) is 10.5. The summed E-state index contributed by atoms with van der Waals surface area (Å²) in [4.78, 5) is 34.8. The van der Waals surface area contributed by atoms with Gasteiger partial charge < -0.3 is 30.9 Å². The first-order chi connectivity index (χ1) is 8.75. The van der Waals surface area contributed by atoms with Crippen molar-refractivity contribution in [2.75, 3.05) is 26.3 Å². The Hall–Kier alpha value is -1.87. The molecule has 0 aliphatic carbocycles. The van der Waals surface area contributed by atoms with Crippen LogP contribution in [0.25, 0.3) is 0 Å². The third-order valence-electron chi connectivity index (χ3n) is 2.76. The number of nitrogens with one attached hydrogen (secondary N) is 1. The highest BCUT2D eigenvalue weighted by Crippen LogP contribution is 2.08. The lowest BCUT2D eigenvalue weighted by Crippen LogP contribution is -2.59. The minimum atomic E-state index is -2.08. The summed E-state index contributed by atoms with van der Waals surface area (Å²) >= 11 is 0. The number of carboxylic acid groups (broad SMARTS) is 1. The largest absolute Gasteiger partial charge is 0.479 e. The number of hydrogen-bond donors (Lipinski definition) is 4. The summed E-state index contributed by atoms with van der Waals surface area (Å²) in [6.45, 7) is 0.990. The fourth-order valence-corrected chi connectivity index (χ4v) is 1.51. The Morgan fingerprint density at radius 1 is 1.53 bits per heavy atom. The summed E-state index contributed by atoms with van der Waals surface area (Å²) in [5.41, 5.74) is 3.06. The SMILES string of the molecule is CC(O)(CNC(=O)N1CCOCC1C(N)=O)C(=O)O. The van der Waals surface area contributed by atoms with Crippen molar-refractivity contribution < 1.29 is 29.3 Å². The first-order valence-corrected chi connectivity index (χ1v) is 5.63. The lowest BCUT2D eigenvalue weighted by molar-refractivity contribution is -0.155. The maximum absolute atomic E-state index is 11.8. The maximum Gasteiger partial charge on any atom is 0.337 e. The van der Waals surface area contributed by atoms with E-state index in [-0.39, 0.29) is 19.8 Å². The fraction of sp³-hybridized carbons (Fsp3) is 0.700. The molecular formula is C10H17N3O6. The molecule has 9 heteroatoms.